The van der Waals surface area contributed by atoms with Gasteiger partial charge in [-0.2, -0.15) is 0 Å². The molecule has 0 unspecified atom stereocenters. The summed E-state index contributed by atoms with van der Waals surface area (Å²) in [7, 11) is 3.35. The Hall–Kier alpha value is -5.32. The quantitative estimate of drug-likeness (QED) is 0.225. The Morgan fingerprint density at radius 1 is 1.12 bits per heavy atom. The number of fused-ring (bicyclic) bond motifs is 1. The zero-order valence-electron chi connectivity index (χ0n) is 23.3. The highest BCUT2D eigenvalue weighted by Crippen LogP contribution is 2.45. The number of halogens is 1. The number of ether oxygens (including phenoxy) is 2. The molecular formula is C31H28FN7O3. The van der Waals surface area contributed by atoms with Gasteiger partial charge in [-0.1, -0.05) is 24.8 Å². The maximum Gasteiger partial charge on any atom is 0.322 e. The zero-order chi connectivity index (χ0) is 29.5. The van der Waals surface area contributed by atoms with Gasteiger partial charge in [-0.3, -0.25) is 4.79 Å². The van der Waals surface area contributed by atoms with Crippen molar-refractivity contribution in [1.29, 1.82) is 0 Å². The van der Waals surface area contributed by atoms with E-state index in [0.29, 0.717) is 39.0 Å². The lowest BCUT2D eigenvalue weighted by Gasteiger charge is -2.12. The van der Waals surface area contributed by atoms with E-state index in [0.717, 1.165) is 24.1 Å². The molecular weight excluding hydrogens is 537 g/mol. The van der Waals surface area contributed by atoms with Crippen molar-refractivity contribution >= 4 is 28.3 Å². The molecule has 212 valence electrons. The summed E-state index contributed by atoms with van der Waals surface area (Å²) in [4.78, 5) is 20.8. The summed E-state index contributed by atoms with van der Waals surface area (Å²) in [5.74, 6) is -0.106. The molecule has 1 aliphatic rings. The second-order valence-corrected chi connectivity index (χ2v) is 10.2. The third-order valence-corrected chi connectivity index (χ3v) is 7.27. The van der Waals surface area contributed by atoms with E-state index in [9.17, 15) is 4.79 Å². The van der Waals surface area contributed by atoms with Crippen molar-refractivity contribution < 1.29 is 18.7 Å². The van der Waals surface area contributed by atoms with Crippen LogP contribution < -0.4 is 20.5 Å². The number of anilines is 2. The van der Waals surface area contributed by atoms with Gasteiger partial charge in [-0.05, 0) is 67.1 Å². The smallest absolute Gasteiger partial charge is 0.322 e. The number of hydrogen-bond donors (Lipinski definition) is 2. The molecule has 1 aliphatic carbocycles. The molecule has 0 bridgehead atoms. The third-order valence-electron chi connectivity index (χ3n) is 7.27. The number of aryl methyl sites for hydroxylation is 2. The van der Waals surface area contributed by atoms with Crippen molar-refractivity contribution in [2.75, 3.05) is 18.2 Å². The van der Waals surface area contributed by atoms with Gasteiger partial charge in [0.05, 0.1) is 18.2 Å². The van der Waals surface area contributed by atoms with E-state index in [1.54, 1.807) is 25.3 Å². The summed E-state index contributed by atoms with van der Waals surface area (Å²) in [6.45, 7) is 5.72. The lowest BCUT2D eigenvalue weighted by molar-refractivity contribution is -0.113. The average molecular weight is 566 g/mol. The number of carbonyl (C=O) groups is 1. The summed E-state index contributed by atoms with van der Waals surface area (Å²) in [5.41, 5.74) is 11.6. The summed E-state index contributed by atoms with van der Waals surface area (Å²) >= 11 is 0. The van der Waals surface area contributed by atoms with Crippen LogP contribution in [0.15, 0.2) is 66.9 Å². The fraction of sp³-hybridized carbons (Fsp3) is 0.194. The van der Waals surface area contributed by atoms with E-state index in [1.807, 2.05) is 35.9 Å². The second-order valence-electron chi connectivity index (χ2n) is 10.2. The molecule has 0 saturated heterocycles. The Labute approximate surface area is 241 Å². The highest BCUT2D eigenvalue weighted by atomic mass is 19.1. The van der Waals surface area contributed by atoms with Crippen molar-refractivity contribution in [1.82, 2.24) is 24.7 Å². The molecule has 6 rings (SSSR count). The van der Waals surface area contributed by atoms with Crippen LogP contribution in [0.5, 0.6) is 17.6 Å². The van der Waals surface area contributed by atoms with Crippen molar-refractivity contribution in [3.05, 3.63) is 78.4 Å². The molecule has 0 spiro atoms. The number of aromatic nitrogens is 5. The molecule has 5 aromatic rings. The van der Waals surface area contributed by atoms with E-state index in [1.165, 1.54) is 19.2 Å². The number of carbonyl (C=O) groups excluding carboxylic acids is 1. The third kappa shape index (κ3) is 4.89. The first-order chi connectivity index (χ1) is 20.2. The fourth-order valence-corrected chi connectivity index (χ4v) is 4.99. The summed E-state index contributed by atoms with van der Waals surface area (Å²) in [6, 6.07) is 13.8. The van der Waals surface area contributed by atoms with E-state index in [4.69, 9.17) is 15.2 Å². The Bertz CT molecular complexity index is 1860. The van der Waals surface area contributed by atoms with Crippen molar-refractivity contribution in [2.24, 2.45) is 13.0 Å². The van der Waals surface area contributed by atoms with E-state index < -0.39 is 5.82 Å². The largest absolute Gasteiger partial charge is 0.478 e. The number of methoxy groups -OCH3 is 1. The van der Waals surface area contributed by atoms with Crippen LogP contribution in [0.3, 0.4) is 0 Å². The molecule has 10 nitrogen and oxygen atoms in total. The van der Waals surface area contributed by atoms with Gasteiger partial charge in [-0.15, -0.1) is 10.2 Å². The Balaban J connectivity index is 1.44. The van der Waals surface area contributed by atoms with Crippen LogP contribution >= 0.6 is 0 Å². The molecule has 0 radical (unpaired) electrons. The monoisotopic (exact) mass is 565 g/mol. The van der Waals surface area contributed by atoms with Gasteiger partial charge in [0.1, 0.15) is 5.52 Å². The SMILES string of the molecule is C=C(C(=O)Nc1ccc(-c2c(-c3ccc(Oc4nccc(C)n4)c(F)c3)c3c(N)nnc(OC)c3n2C)cc1)C1CC1. The highest BCUT2D eigenvalue weighted by molar-refractivity contribution is 6.10. The highest BCUT2D eigenvalue weighted by Gasteiger charge is 2.29. The minimum absolute atomic E-state index is 0.0237. The van der Waals surface area contributed by atoms with Gasteiger partial charge >= 0.3 is 6.01 Å². The summed E-state index contributed by atoms with van der Waals surface area (Å²) in [6.07, 6.45) is 3.54. The normalized spacial score (nSPS) is 12.8. The van der Waals surface area contributed by atoms with Gasteiger partial charge in [-0.25, -0.2) is 14.4 Å². The van der Waals surface area contributed by atoms with Gasteiger partial charge in [0.2, 0.25) is 0 Å². The summed E-state index contributed by atoms with van der Waals surface area (Å²) < 4.78 is 28.5. The Kier molecular flexibility index (Phi) is 6.77. The number of nitrogens with zero attached hydrogens (tertiary/aromatic N) is 5. The van der Waals surface area contributed by atoms with Gasteiger partial charge in [0.25, 0.3) is 11.8 Å². The average Bonchev–Trinajstić information content (AvgIpc) is 3.78. The molecule has 3 N–H and O–H groups in total. The first-order valence-electron chi connectivity index (χ1n) is 13.3. The molecule has 1 amide bonds. The fourth-order valence-electron chi connectivity index (χ4n) is 4.99. The maximum atomic E-state index is 15.5. The van der Waals surface area contributed by atoms with Gasteiger partial charge in [0, 0.05) is 35.8 Å². The van der Waals surface area contributed by atoms with Crippen LogP contribution in [0.4, 0.5) is 15.9 Å². The van der Waals surface area contributed by atoms with E-state index in [2.05, 4.69) is 32.1 Å². The zero-order valence-corrected chi connectivity index (χ0v) is 23.3. The molecule has 0 atom stereocenters. The predicted octanol–water partition coefficient (Wildman–Crippen LogP) is 5.83. The van der Waals surface area contributed by atoms with Crippen LogP contribution in [0.1, 0.15) is 18.5 Å². The van der Waals surface area contributed by atoms with E-state index in [-0.39, 0.29) is 35.3 Å². The maximum absolute atomic E-state index is 15.5. The number of nitrogens with one attached hydrogen (secondary N) is 1. The van der Waals surface area contributed by atoms with Crippen LogP contribution in [-0.4, -0.2) is 37.7 Å². The van der Waals surface area contributed by atoms with Crippen LogP contribution in [0, 0.1) is 18.7 Å². The van der Waals surface area contributed by atoms with Crippen molar-refractivity contribution in [2.45, 2.75) is 19.8 Å². The Morgan fingerprint density at radius 3 is 2.52 bits per heavy atom. The van der Waals surface area contributed by atoms with Crippen LogP contribution in [0.25, 0.3) is 33.3 Å². The minimum Gasteiger partial charge on any atom is -0.478 e. The molecule has 0 aliphatic heterocycles. The number of nitrogen functional groups attached to an aromatic ring is 1. The van der Waals surface area contributed by atoms with Crippen LogP contribution in [-0.2, 0) is 11.8 Å². The first kappa shape index (κ1) is 26.9. The van der Waals surface area contributed by atoms with Crippen molar-refractivity contribution in [3.8, 4) is 40.0 Å². The lowest BCUT2D eigenvalue weighted by Crippen LogP contribution is -2.14. The molecule has 1 fully saturated rings. The molecule has 3 aromatic heterocycles. The molecule has 1 saturated carbocycles. The number of nitrogens with two attached hydrogens (primary N) is 1. The molecule has 11 heteroatoms. The van der Waals surface area contributed by atoms with Crippen LogP contribution in [0.2, 0.25) is 0 Å². The number of amides is 1. The van der Waals surface area contributed by atoms with Gasteiger partial charge < -0.3 is 25.1 Å². The predicted molar refractivity (Wildman–Crippen MR) is 158 cm³/mol. The number of hydrogen-bond acceptors (Lipinski definition) is 8. The lowest BCUT2D eigenvalue weighted by atomic mass is 9.98. The second kappa shape index (κ2) is 10.6. The first-order valence-corrected chi connectivity index (χ1v) is 13.3. The van der Waals surface area contributed by atoms with E-state index >= 15 is 4.39 Å². The minimum atomic E-state index is -0.609. The topological polar surface area (TPSA) is 130 Å². The Morgan fingerprint density at radius 2 is 1.86 bits per heavy atom. The molecule has 42 heavy (non-hydrogen) atoms. The summed E-state index contributed by atoms with van der Waals surface area (Å²) in [5, 5.41) is 11.7. The van der Waals surface area contributed by atoms with Gasteiger partial charge in [0.15, 0.2) is 17.4 Å². The van der Waals surface area contributed by atoms with Crippen molar-refractivity contribution in [3.63, 3.8) is 0 Å². The molecule has 3 heterocycles. The number of benzene rings is 2. The number of rotatable bonds is 8. The standard InChI is InChI=1S/C31H28FN7O3/c1-16-13-14-34-31(35-16)42-23-12-9-20(15-22(23)32)24-25-27(30(41-4)38-37-28(25)33)39(3)26(24)19-7-10-21(11-8-19)36-29(40)17(2)18-5-6-18/h7-15,18H,2,5-6H2,1,3-4H3,(H2,33,37)(H,36,40). The molecule has 2 aromatic carbocycles.